The molecule has 4 N–H and O–H groups in total. The van der Waals surface area contributed by atoms with E-state index >= 15 is 0 Å². The zero-order chi connectivity index (χ0) is 24.3. The van der Waals surface area contributed by atoms with Crippen molar-refractivity contribution in [2.45, 2.75) is 26.1 Å². The predicted octanol–water partition coefficient (Wildman–Crippen LogP) is 3.08. The Kier molecular flexibility index (Phi) is 6.97. The fourth-order valence-electron chi connectivity index (χ4n) is 2.65. The summed E-state index contributed by atoms with van der Waals surface area (Å²) >= 11 is 3.18. The van der Waals surface area contributed by atoms with Crippen LogP contribution in [-0.2, 0) is 9.59 Å². The molecule has 0 fully saturated rings. The highest BCUT2D eigenvalue weighted by Crippen LogP contribution is 2.35. The minimum Gasteiger partial charge on any atom is -0.507 e. The van der Waals surface area contributed by atoms with Crippen LogP contribution < -0.4 is 9.47 Å². The number of ether oxygens (including phenoxy) is 2. The van der Waals surface area contributed by atoms with Gasteiger partial charge in [0.15, 0.2) is 23.9 Å². The van der Waals surface area contributed by atoms with E-state index in [2.05, 4.69) is 30.9 Å². The molecular formula is C21H18BrN3O8. The van der Waals surface area contributed by atoms with Crippen molar-refractivity contribution in [2.75, 3.05) is 0 Å². The van der Waals surface area contributed by atoms with Gasteiger partial charge in [-0.1, -0.05) is 0 Å². The van der Waals surface area contributed by atoms with Crippen molar-refractivity contribution in [3.8, 4) is 45.8 Å². The molecule has 0 bridgehead atoms. The second-order valence-electron chi connectivity index (χ2n) is 6.81. The molecule has 1 heterocycles. The van der Waals surface area contributed by atoms with Gasteiger partial charge in [0.1, 0.15) is 23.0 Å². The Morgan fingerprint density at radius 3 is 1.52 bits per heavy atom. The van der Waals surface area contributed by atoms with Crippen LogP contribution in [0.5, 0.6) is 23.0 Å². The van der Waals surface area contributed by atoms with Crippen molar-refractivity contribution in [3.63, 3.8) is 0 Å². The van der Waals surface area contributed by atoms with Crippen molar-refractivity contribution >= 4 is 27.9 Å². The quantitative estimate of drug-likeness (QED) is 0.344. The number of benzene rings is 2. The van der Waals surface area contributed by atoms with Crippen molar-refractivity contribution in [3.05, 3.63) is 41.1 Å². The molecule has 2 unspecified atom stereocenters. The number of aliphatic carboxylic acids is 2. The molecule has 11 nitrogen and oxygen atoms in total. The topological polar surface area (TPSA) is 172 Å². The maximum atomic E-state index is 10.9. The van der Waals surface area contributed by atoms with E-state index in [1.165, 1.54) is 50.2 Å². The Morgan fingerprint density at radius 2 is 1.18 bits per heavy atom. The number of carboxylic acid groups (broad SMARTS) is 2. The van der Waals surface area contributed by atoms with Crippen LogP contribution in [0.3, 0.4) is 0 Å². The molecule has 0 spiro atoms. The number of hydrogen-bond acceptors (Lipinski definition) is 9. The van der Waals surface area contributed by atoms with Gasteiger partial charge >= 0.3 is 11.9 Å². The number of carboxylic acids is 2. The number of nitrogens with zero attached hydrogens (tertiary/aromatic N) is 3. The Balaban J connectivity index is 1.93. The molecule has 33 heavy (non-hydrogen) atoms. The number of halogens is 1. The highest BCUT2D eigenvalue weighted by molar-refractivity contribution is 9.10. The van der Waals surface area contributed by atoms with Crippen molar-refractivity contribution in [1.29, 1.82) is 0 Å². The lowest BCUT2D eigenvalue weighted by atomic mass is 10.1. The lowest BCUT2D eigenvalue weighted by Gasteiger charge is -2.13. The van der Waals surface area contributed by atoms with E-state index in [9.17, 15) is 19.8 Å². The molecule has 12 heteroatoms. The number of aromatic nitrogens is 3. The molecule has 2 aromatic carbocycles. The largest absolute Gasteiger partial charge is 0.507 e. The monoisotopic (exact) mass is 519 g/mol. The maximum absolute atomic E-state index is 10.9. The van der Waals surface area contributed by atoms with Crippen LogP contribution in [0.1, 0.15) is 13.8 Å². The van der Waals surface area contributed by atoms with Crippen molar-refractivity contribution < 1.29 is 39.5 Å². The Hall–Kier alpha value is -3.93. The number of phenolic OH excluding ortho intramolecular Hbond substituents is 2. The number of rotatable bonds is 8. The van der Waals surface area contributed by atoms with Gasteiger partial charge in [-0.2, -0.15) is 0 Å². The molecule has 0 amide bonds. The smallest absolute Gasteiger partial charge is 0.344 e. The first-order chi connectivity index (χ1) is 15.5. The van der Waals surface area contributed by atoms with Gasteiger partial charge in [-0.15, -0.1) is 0 Å². The van der Waals surface area contributed by atoms with Gasteiger partial charge in [-0.3, -0.25) is 0 Å². The normalized spacial score (nSPS) is 12.6. The summed E-state index contributed by atoms with van der Waals surface area (Å²) in [6.45, 7) is 2.71. The predicted molar refractivity (Wildman–Crippen MR) is 117 cm³/mol. The highest BCUT2D eigenvalue weighted by atomic mass is 79.9. The van der Waals surface area contributed by atoms with Crippen LogP contribution >= 0.6 is 15.9 Å². The molecule has 0 saturated heterocycles. The number of aromatic hydroxyl groups is 2. The van der Waals surface area contributed by atoms with Gasteiger partial charge in [-0.05, 0) is 54.0 Å². The van der Waals surface area contributed by atoms with Crippen LogP contribution in [0.4, 0.5) is 0 Å². The molecule has 0 saturated carbocycles. The lowest BCUT2D eigenvalue weighted by Crippen LogP contribution is -2.22. The summed E-state index contributed by atoms with van der Waals surface area (Å²) in [5.74, 6) is -2.40. The molecular weight excluding hydrogens is 502 g/mol. The summed E-state index contributed by atoms with van der Waals surface area (Å²) < 4.78 is 10.6. The van der Waals surface area contributed by atoms with Crippen molar-refractivity contribution in [2.24, 2.45) is 0 Å². The van der Waals surface area contributed by atoms with Crippen LogP contribution in [0.15, 0.2) is 41.1 Å². The molecule has 172 valence electrons. The zero-order valence-electron chi connectivity index (χ0n) is 17.3. The highest BCUT2D eigenvalue weighted by Gasteiger charge is 2.18. The second-order valence-corrected chi connectivity index (χ2v) is 7.52. The molecule has 3 aromatic rings. The Morgan fingerprint density at radius 1 is 0.788 bits per heavy atom. The molecule has 3 rings (SSSR count). The fourth-order valence-corrected chi connectivity index (χ4v) is 2.98. The number of phenols is 2. The van der Waals surface area contributed by atoms with Crippen LogP contribution in [0.2, 0.25) is 0 Å². The third kappa shape index (κ3) is 5.66. The summed E-state index contributed by atoms with van der Waals surface area (Å²) in [7, 11) is 0. The minimum atomic E-state index is -1.15. The molecule has 0 radical (unpaired) electrons. The fraction of sp³-hybridized carbons (Fsp3) is 0.190. The summed E-state index contributed by atoms with van der Waals surface area (Å²) in [5, 5.41) is 38.7. The molecule has 0 aliphatic rings. The summed E-state index contributed by atoms with van der Waals surface area (Å²) in [4.78, 5) is 34.5. The van der Waals surface area contributed by atoms with E-state index in [4.69, 9.17) is 19.7 Å². The van der Waals surface area contributed by atoms with E-state index in [0.717, 1.165) is 0 Å². The molecule has 1 aromatic heterocycles. The van der Waals surface area contributed by atoms with Crippen molar-refractivity contribution in [1.82, 2.24) is 15.0 Å². The standard InChI is InChI=1S/C21H18BrN3O8/c1-9(19(28)29)32-11-3-5-13(15(26)7-11)17-23-18(25-21(22)24-17)14-6-4-12(8-16(14)27)33-10(2)20(30)31/h3-10,26-27H,1-2H3,(H,28,29)(H,30,31). The van der Waals surface area contributed by atoms with Gasteiger partial charge in [-0.25, -0.2) is 24.5 Å². The van der Waals surface area contributed by atoms with E-state index in [-0.39, 0.29) is 50.5 Å². The van der Waals surface area contributed by atoms with E-state index < -0.39 is 24.1 Å². The van der Waals surface area contributed by atoms with E-state index in [1.54, 1.807) is 0 Å². The number of carbonyl (C=O) groups is 2. The lowest BCUT2D eigenvalue weighted by molar-refractivity contribution is -0.145. The maximum Gasteiger partial charge on any atom is 0.344 e. The summed E-state index contributed by atoms with van der Waals surface area (Å²) in [6, 6.07) is 8.29. The van der Waals surface area contributed by atoms with Gasteiger partial charge < -0.3 is 29.9 Å². The first-order valence-electron chi connectivity index (χ1n) is 9.42. The van der Waals surface area contributed by atoms with E-state index in [0.29, 0.717) is 0 Å². The first kappa shape index (κ1) is 23.7. The van der Waals surface area contributed by atoms with Gasteiger partial charge in [0.2, 0.25) is 4.73 Å². The first-order valence-corrected chi connectivity index (χ1v) is 10.2. The van der Waals surface area contributed by atoms with Gasteiger partial charge in [0.25, 0.3) is 0 Å². The van der Waals surface area contributed by atoms with Gasteiger partial charge in [0, 0.05) is 12.1 Å². The van der Waals surface area contributed by atoms with Gasteiger partial charge in [0.05, 0.1) is 11.1 Å². The second kappa shape index (κ2) is 9.69. The Labute approximate surface area is 195 Å². The average molecular weight is 520 g/mol. The summed E-state index contributed by atoms with van der Waals surface area (Å²) in [5.41, 5.74) is 0.425. The molecule has 0 aliphatic carbocycles. The number of hydrogen-bond donors (Lipinski definition) is 4. The molecule has 2 atom stereocenters. The SMILES string of the molecule is CC(Oc1ccc(-c2nc(Br)nc(-c3ccc(OC(C)C(=O)O)cc3O)n2)c(O)c1)C(=O)O. The summed E-state index contributed by atoms with van der Waals surface area (Å²) in [6.07, 6.45) is -2.22. The minimum absolute atomic E-state index is 0.0708. The van der Waals surface area contributed by atoms with Crippen LogP contribution in [0.25, 0.3) is 22.8 Å². The third-order valence-electron chi connectivity index (χ3n) is 4.35. The zero-order valence-corrected chi connectivity index (χ0v) is 18.8. The van der Waals surface area contributed by atoms with Crippen LogP contribution in [0, 0.1) is 0 Å². The average Bonchev–Trinajstić information content (AvgIpc) is 2.73. The Bertz CT molecular complexity index is 1130. The molecule has 0 aliphatic heterocycles. The van der Waals surface area contributed by atoms with Crippen LogP contribution in [-0.4, -0.2) is 59.5 Å². The third-order valence-corrected chi connectivity index (χ3v) is 4.70. The van der Waals surface area contributed by atoms with E-state index in [1.807, 2.05) is 0 Å².